The predicted octanol–water partition coefficient (Wildman–Crippen LogP) is 3.62. The van der Waals surface area contributed by atoms with Gasteiger partial charge in [-0.25, -0.2) is 0 Å². The molecule has 0 fully saturated rings. The Morgan fingerprint density at radius 1 is 1.06 bits per heavy atom. The van der Waals surface area contributed by atoms with E-state index in [2.05, 4.69) is 30.4 Å². The van der Waals surface area contributed by atoms with Crippen LogP contribution in [0.15, 0.2) is 48.5 Å². The van der Waals surface area contributed by atoms with E-state index < -0.39 is 0 Å². The van der Waals surface area contributed by atoms with Crippen LogP contribution in [0.4, 0.5) is 5.69 Å². The molecule has 0 saturated heterocycles. The van der Waals surface area contributed by atoms with Crippen LogP contribution in [0.25, 0.3) is 0 Å². The molecule has 0 aromatic heterocycles. The van der Waals surface area contributed by atoms with Gasteiger partial charge in [0, 0.05) is 6.54 Å². The van der Waals surface area contributed by atoms with Gasteiger partial charge in [-0.05, 0) is 30.2 Å². The highest BCUT2D eigenvalue weighted by Gasteiger charge is 2.02. The zero-order valence-electron chi connectivity index (χ0n) is 10.2. The topological polar surface area (TPSA) is 21.3 Å². The number of rotatable bonds is 4. The van der Waals surface area contributed by atoms with Crippen LogP contribution in [-0.2, 0) is 6.54 Å². The van der Waals surface area contributed by atoms with Crippen LogP contribution in [-0.4, -0.2) is 7.11 Å². The quantitative estimate of drug-likeness (QED) is 0.861. The summed E-state index contributed by atoms with van der Waals surface area (Å²) in [5, 5.41) is 3.40. The summed E-state index contributed by atoms with van der Waals surface area (Å²) >= 11 is 0. The highest BCUT2D eigenvalue weighted by atomic mass is 16.5. The zero-order valence-corrected chi connectivity index (χ0v) is 10.2. The van der Waals surface area contributed by atoms with E-state index >= 15 is 0 Å². The van der Waals surface area contributed by atoms with Gasteiger partial charge in [0.15, 0.2) is 0 Å². The van der Waals surface area contributed by atoms with Gasteiger partial charge in [0.25, 0.3) is 0 Å². The molecule has 2 heteroatoms. The van der Waals surface area contributed by atoms with Crippen LogP contribution in [0.1, 0.15) is 11.1 Å². The maximum absolute atomic E-state index is 5.33. The number of anilines is 1. The fourth-order valence-electron chi connectivity index (χ4n) is 1.75. The molecule has 0 saturated carbocycles. The highest BCUT2D eigenvalue weighted by Crippen LogP contribution is 2.25. The van der Waals surface area contributed by atoms with Crippen LogP contribution in [0.5, 0.6) is 5.75 Å². The molecule has 0 heterocycles. The number of hydrogen-bond donors (Lipinski definition) is 1. The number of hydrogen-bond acceptors (Lipinski definition) is 2. The first kappa shape index (κ1) is 11.5. The lowest BCUT2D eigenvalue weighted by Crippen LogP contribution is -2.01. The fourth-order valence-corrected chi connectivity index (χ4v) is 1.75. The molecule has 2 aromatic rings. The van der Waals surface area contributed by atoms with Gasteiger partial charge >= 0.3 is 0 Å². The van der Waals surface area contributed by atoms with Crippen molar-refractivity contribution in [2.75, 3.05) is 12.4 Å². The average Bonchev–Trinajstić information content (AvgIpc) is 2.38. The first-order chi connectivity index (χ1) is 8.29. The Labute approximate surface area is 102 Å². The van der Waals surface area contributed by atoms with Crippen molar-refractivity contribution in [2.45, 2.75) is 13.5 Å². The van der Waals surface area contributed by atoms with E-state index in [9.17, 15) is 0 Å². The molecule has 2 aromatic carbocycles. The Bertz CT molecular complexity index is 480. The Balaban J connectivity index is 2.11. The van der Waals surface area contributed by atoms with Crippen molar-refractivity contribution >= 4 is 5.69 Å². The lowest BCUT2D eigenvalue weighted by atomic mass is 10.2. The minimum Gasteiger partial charge on any atom is -0.495 e. The number of ether oxygens (including phenoxy) is 1. The summed E-state index contributed by atoms with van der Waals surface area (Å²) < 4.78 is 5.33. The Morgan fingerprint density at radius 2 is 1.82 bits per heavy atom. The number of nitrogens with one attached hydrogen (secondary N) is 1. The van der Waals surface area contributed by atoms with Crippen LogP contribution in [0.2, 0.25) is 0 Å². The summed E-state index contributed by atoms with van der Waals surface area (Å²) in [6.45, 7) is 2.88. The van der Waals surface area contributed by atoms with Crippen molar-refractivity contribution in [3.05, 3.63) is 59.7 Å². The van der Waals surface area contributed by atoms with Crippen LogP contribution in [0, 0.1) is 6.92 Å². The molecule has 2 rings (SSSR count). The molecule has 0 radical (unpaired) electrons. The van der Waals surface area contributed by atoms with Crippen LogP contribution in [0.3, 0.4) is 0 Å². The molecule has 0 aliphatic carbocycles. The second kappa shape index (κ2) is 5.39. The Hall–Kier alpha value is -1.96. The number of aryl methyl sites for hydroxylation is 1. The lowest BCUT2D eigenvalue weighted by Gasteiger charge is -2.12. The van der Waals surface area contributed by atoms with E-state index in [1.165, 1.54) is 11.1 Å². The maximum Gasteiger partial charge on any atom is 0.141 e. The SMILES string of the molecule is COc1ccc(C)cc1NCc1ccccc1. The second-order valence-corrected chi connectivity index (χ2v) is 4.04. The summed E-state index contributed by atoms with van der Waals surface area (Å²) in [7, 11) is 1.69. The van der Waals surface area contributed by atoms with Crippen molar-refractivity contribution in [3.63, 3.8) is 0 Å². The van der Waals surface area contributed by atoms with Crippen molar-refractivity contribution < 1.29 is 4.74 Å². The predicted molar refractivity (Wildman–Crippen MR) is 71.5 cm³/mol. The molecular weight excluding hydrogens is 210 g/mol. The molecular formula is C15H17NO. The third-order valence-electron chi connectivity index (χ3n) is 2.68. The van der Waals surface area contributed by atoms with Gasteiger partial charge in [0.2, 0.25) is 0 Å². The second-order valence-electron chi connectivity index (χ2n) is 4.04. The van der Waals surface area contributed by atoms with E-state index in [0.29, 0.717) is 0 Å². The summed E-state index contributed by atoms with van der Waals surface area (Å²) in [5.74, 6) is 0.881. The minimum atomic E-state index is 0.806. The van der Waals surface area contributed by atoms with E-state index in [1.807, 2.05) is 30.3 Å². The van der Waals surface area contributed by atoms with Crippen molar-refractivity contribution in [2.24, 2.45) is 0 Å². The molecule has 0 atom stereocenters. The summed E-state index contributed by atoms with van der Waals surface area (Å²) in [6, 6.07) is 16.5. The van der Waals surface area contributed by atoms with E-state index in [-0.39, 0.29) is 0 Å². The summed E-state index contributed by atoms with van der Waals surface area (Å²) in [6.07, 6.45) is 0. The van der Waals surface area contributed by atoms with Gasteiger partial charge in [-0.3, -0.25) is 0 Å². The van der Waals surface area contributed by atoms with E-state index in [4.69, 9.17) is 4.74 Å². The molecule has 0 spiro atoms. The van der Waals surface area contributed by atoms with Gasteiger partial charge in [0.1, 0.15) is 5.75 Å². The van der Waals surface area contributed by atoms with Gasteiger partial charge in [-0.2, -0.15) is 0 Å². The lowest BCUT2D eigenvalue weighted by molar-refractivity contribution is 0.416. The number of benzene rings is 2. The molecule has 88 valence electrons. The monoisotopic (exact) mass is 227 g/mol. The Kier molecular flexibility index (Phi) is 3.66. The molecule has 2 nitrogen and oxygen atoms in total. The molecule has 0 unspecified atom stereocenters. The molecule has 0 bridgehead atoms. The third kappa shape index (κ3) is 3.00. The molecule has 0 aliphatic heterocycles. The van der Waals surface area contributed by atoms with Crippen molar-refractivity contribution in [1.82, 2.24) is 0 Å². The number of methoxy groups -OCH3 is 1. The highest BCUT2D eigenvalue weighted by molar-refractivity contribution is 5.58. The van der Waals surface area contributed by atoms with Gasteiger partial charge in [-0.1, -0.05) is 36.4 Å². The molecule has 17 heavy (non-hydrogen) atoms. The van der Waals surface area contributed by atoms with Gasteiger partial charge < -0.3 is 10.1 Å². The molecule has 0 aliphatic rings. The van der Waals surface area contributed by atoms with Crippen LogP contribution >= 0.6 is 0 Å². The molecule has 1 N–H and O–H groups in total. The average molecular weight is 227 g/mol. The summed E-state index contributed by atoms with van der Waals surface area (Å²) in [5.41, 5.74) is 3.52. The smallest absolute Gasteiger partial charge is 0.141 e. The normalized spacial score (nSPS) is 10.0. The van der Waals surface area contributed by atoms with E-state index in [1.54, 1.807) is 7.11 Å². The zero-order chi connectivity index (χ0) is 12.1. The minimum absolute atomic E-state index is 0.806. The largest absolute Gasteiger partial charge is 0.495 e. The first-order valence-electron chi connectivity index (χ1n) is 5.72. The van der Waals surface area contributed by atoms with Gasteiger partial charge in [0.05, 0.1) is 12.8 Å². The molecule has 0 amide bonds. The standard InChI is InChI=1S/C15H17NO/c1-12-8-9-15(17-2)14(10-12)16-11-13-6-4-3-5-7-13/h3-10,16H,11H2,1-2H3. The van der Waals surface area contributed by atoms with Crippen molar-refractivity contribution in [1.29, 1.82) is 0 Å². The fraction of sp³-hybridized carbons (Fsp3) is 0.200. The summed E-state index contributed by atoms with van der Waals surface area (Å²) in [4.78, 5) is 0. The first-order valence-corrected chi connectivity index (χ1v) is 5.72. The van der Waals surface area contributed by atoms with Crippen LogP contribution < -0.4 is 10.1 Å². The Morgan fingerprint density at radius 3 is 2.53 bits per heavy atom. The van der Waals surface area contributed by atoms with E-state index in [0.717, 1.165) is 18.0 Å². The van der Waals surface area contributed by atoms with Crippen molar-refractivity contribution in [3.8, 4) is 5.75 Å². The third-order valence-corrected chi connectivity index (χ3v) is 2.68. The van der Waals surface area contributed by atoms with Gasteiger partial charge in [-0.15, -0.1) is 0 Å². The maximum atomic E-state index is 5.33.